The number of benzene rings is 2. The topological polar surface area (TPSA) is 50.9 Å². The highest BCUT2D eigenvalue weighted by atomic mass is 32.2. The van der Waals surface area contributed by atoms with Crippen molar-refractivity contribution in [2.75, 3.05) is 0 Å². The number of aromatic nitrogens is 3. The van der Waals surface area contributed by atoms with Crippen molar-refractivity contribution in [2.45, 2.75) is 18.1 Å². The van der Waals surface area contributed by atoms with E-state index in [4.69, 9.17) is 5.11 Å². The molecule has 1 heterocycles. The first-order valence-corrected chi connectivity index (χ1v) is 8.63. The maximum atomic E-state index is 9.06. The van der Waals surface area contributed by atoms with Gasteiger partial charge in [0, 0.05) is 18.4 Å². The third kappa shape index (κ3) is 3.81. The second-order valence-corrected chi connectivity index (χ2v) is 6.32. The van der Waals surface area contributed by atoms with E-state index in [9.17, 15) is 0 Å². The van der Waals surface area contributed by atoms with Gasteiger partial charge in [-0.1, -0.05) is 54.6 Å². The molecule has 4 nitrogen and oxygen atoms in total. The predicted molar refractivity (Wildman–Crippen MR) is 93.8 cm³/mol. The number of thioether (sulfide) groups is 1. The van der Waals surface area contributed by atoms with Crippen molar-refractivity contribution < 1.29 is 5.11 Å². The Hall–Kier alpha value is -2.11. The fourth-order valence-electron chi connectivity index (χ4n) is 2.33. The highest BCUT2D eigenvalue weighted by molar-refractivity contribution is 7.97. The summed E-state index contributed by atoms with van der Waals surface area (Å²) in [6, 6.07) is 18.2. The minimum absolute atomic E-state index is 0.0919. The van der Waals surface area contributed by atoms with Crippen LogP contribution in [0.4, 0.5) is 0 Å². The molecule has 0 unspecified atom stereocenters. The van der Waals surface area contributed by atoms with E-state index < -0.39 is 0 Å². The van der Waals surface area contributed by atoms with E-state index in [0.717, 1.165) is 34.3 Å². The number of nitrogens with zero attached hydrogens (tertiary/aromatic N) is 3. The molecule has 118 valence electrons. The first-order chi connectivity index (χ1) is 11.3. The average Bonchev–Trinajstić information content (AvgIpc) is 2.97. The molecule has 0 atom stereocenters. The third-order valence-electron chi connectivity index (χ3n) is 3.70. The van der Waals surface area contributed by atoms with E-state index in [1.807, 2.05) is 61.3 Å². The van der Waals surface area contributed by atoms with Crippen LogP contribution in [-0.2, 0) is 25.2 Å². The second kappa shape index (κ2) is 7.44. The number of hydrogen-bond donors (Lipinski definition) is 1. The Labute approximate surface area is 140 Å². The molecule has 0 amide bonds. The number of aliphatic hydroxyl groups is 1. The molecule has 3 aromatic rings. The molecule has 0 aliphatic heterocycles. The molecule has 2 aromatic carbocycles. The lowest BCUT2D eigenvalue weighted by Gasteiger charge is -2.05. The molecular formula is C18H19N3OS. The van der Waals surface area contributed by atoms with Crippen LogP contribution in [-0.4, -0.2) is 19.9 Å². The van der Waals surface area contributed by atoms with Crippen LogP contribution in [0.2, 0.25) is 0 Å². The highest BCUT2D eigenvalue weighted by Gasteiger charge is 2.10. The van der Waals surface area contributed by atoms with Crippen LogP contribution in [0, 0.1) is 0 Å². The normalized spacial score (nSPS) is 10.9. The van der Waals surface area contributed by atoms with Crippen LogP contribution in [0.1, 0.15) is 17.0 Å². The largest absolute Gasteiger partial charge is 0.392 e. The highest BCUT2D eigenvalue weighted by Crippen LogP contribution is 2.21. The summed E-state index contributed by atoms with van der Waals surface area (Å²) >= 11 is 1.81. The average molecular weight is 325 g/mol. The van der Waals surface area contributed by atoms with Gasteiger partial charge in [0.1, 0.15) is 5.82 Å². The van der Waals surface area contributed by atoms with Crippen LogP contribution in [0.25, 0.3) is 11.4 Å². The summed E-state index contributed by atoms with van der Waals surface area (Å²) in [5.41, 5.74) is 3.27. The van der Waals surface area contributed by atoms with E-state index in [-0.39, 0.29) is 6.61 Å². The summed E-state index contributed by atoms with van der Waals surface area (Å²) in [6.45, 7) is 0.0919. The zero-order valence-corrected chi connectivity index (χ0v) is 13.8. The second-order valence-electron chi connectivity index (χ2n) is 5.33. The van der Waals surface area contributed by atoms with Crippen molar-refractivity contribution in [3.8, 4) is 11.4 Å². The molecule has 0 aliphatic rings. The summed E-state index contributed by atoms with van der Waals surface area (Å²) in [4.78, 5) is 0. The van der Waals surface area contributed by atoms with Gasteiger partial charge < -0.3 is 9.67 Å². The van der Waals surface area contributed by atoms with Gasteiger partial charge in [0.2, 0.25) is 0 Å². The summed E-state index contributed by atoms with van der Waals surface area (Å²) in [5.74, 6) is 3.60. The van der Waals surface area contributed by atoms with Gasteiger partial charge >= 0.3 is 0 Å². The first-order valence-electron chi connectivity index (χ1n) is 7.48. The Morgan fingerprint density at radius 2 is 1.61 bits per heavy atom. The fourth-order valence-corrected chi connectivity index (χ4v) is 3.29. The van der Waals surface area contributed by atoms with Crippen LogP contribution in [0.5, 0.6) is 0 Å². The van der Waals surface area contributed by atoms with Crippen molar-refractivity contribution in [1.82, 2.24) is 14.8 Å². The van der Waals surface area contributed by atoms with Gasteiger partial charge in [0.25, 0.3) is 0 Å². The van der Waals surface area contributed by atoms with E-state index >= 15 is 0 Å². The molecule has 0 saturated carbocycles. The standard InChI is InChI=1S/C18H19N3OS/c1-21-17(19-20-18(21)16-5-3-2-4-6-16)13-23-12-15-9-7-14(11-22)8-10-15/h2-10,22H,11-13H2,1H3. The van der Waals surface area contributed by atoms with Crippen molar-refractivity contribution >= 4 is 11.8 Å². The van der Waals surface area contributed by atoms with Crippen molar-refractivity contribution in [2.24, 2.45) is 7.05 Å². The minimum Gasteiger partial charge on any atom is -0.392 e. The molecular weight excluding hydrogens is 306 g/mol. The molecule has 3 rings (SSSR count). The van der Waals surface area contributed by atoms with Gasteiger partial charge in [-0.2, -0.15) is 0 Å². The summed E-state index contributed by atoms with van der Waals surface area (Å²) < 4.78 is 2.05. The van der Waals surface area contributed by atoms with Crippen molar-refractivity contribution in [3.05, 3.63) is 71.5 Å². The molecule has 0 aliphatic carbocycles. The zero-order valence-electron chi connectivity index (χ0n) is 13.0. The van der Waals surface area contributed by atoms with Crippen LogP contribution in [0.3, 0.4) is 0 Å². The Balaban J connectivity index is 1.61. The minimum atomic E-state index is 0.0919. The van der Waals surface area contributed by atoms with Gasteiger partial charge in [-0.3, -0.25) is 0 Å². The lowest BCUT2D eigenvalue weighted by molar-refractivity contribution is 0.282. The SMILES string of the molecule is Cn1c(CSCc2ccc(CO)cc2)nnc1-c1ccccc1. The molecule has 1 N–H and O–H groups in total. The molecule has 0 bridgehead atoms. The maximum Gasteiger partial charge on any atom is 0.163 e. The van der Waals surface area contributed by atoms with Gasteiger partial charge in [-0.15, -0.1) is 22.0 Å². The molecule has 0 saturated heterocycles. The molecule has 23 heavy (non-hydrogen) atoms. The molecule has 1 aromatic heterocycles. The Morgan fingerprint density at radius 1 is 0.913 bits per heavy atom. The van der Waals surface area contributed by atoms with Crippen molar-refractivity contribution in [1.29, 1.82) is 0 Å². The lowest BCUT2D eigenvalue weighted by atomic mass is 10.2. The number of aliphatic hydroxyl groups excluding tert-OH is 1. The van der Waals surface area contributed by atoms with Crippen LogP contribution < -0.4 is 0 Å². The van der Waals surface area contributed by atoms with Gasteiger partial charge in [0.15, 0.2) is 5.82 Å². The quantitative estimate of drug-likeness (QED) is 0.754. The summed E-state index contributed by atoms with van der Waals surface area (Å²) in [7, 11) is 2.01. The molecule has 0 fully saturated rings. The number of hydrogen-bond acceptors (Lipinski definition) is 4. The van der Waals surface area contributed by atoms with E-state index in [1.54, 1.807) is 0 Å². The monoisotopic (exact) mass is 325 g/mol. The maximum absolute atomic E-state index is 9.06. The van der Waals surface area contributed by atoms with Gasteiger partial charge in [-0.05, 0) is 11.1 Å². The molecule has 5 heteroatoms. The summed E-state index contributed by atoms with van der Waals surface area (Å²) in [6.07, 6.45) is 0. The number of rotatable bonds is 6. The Morgan fingerprint density at radius 3 is 2.30 bits per heavy atom. The molecule has 0 spiro atoms. The van der Waals surface area contributed by atoms with E-state index in [0.29, 0.717) is 0 Å². The smallest absolute Gasteiger partial charge is 0.163 e. The van der Waals surface area contributed by atoms with E-state index in [2.05, 4.69) is 26.9 Å². The zero-order chi connectivity index (χ0) is 16.1. The van der Waals surface area contributed by atoms with E-state index in [1.165, 1.54) is 5.56 Å². The predicted octanol–water partition coefficient (Wildman–Crippen LogP) is 3.41. The van der Waals surface area contributed by atoms with Crippen LogP contribution in [0.15, 0.2) is 54.6 Å². The van der Waals surface area contributed by atoms with Gasteiger partial charge in [-0.25, -0.2) is 0 Å². The summed E-state index contributed by atoms with van der Waals surface area (Å²) in [5, 5.41) is 17.7. The third-order valence-corrected chi connectivity index (χ3v) is 4.70. The first kappa shape index (κ1) is 15.8. The Bertz CT molecular complexity index is 754. The molecule has 0 radical (unpaired) electrons. The van der Waals surface area contributed by atoms with Crippen LogP contribution >= 0.6 is 11.8 Å². The fraction of sp³-hybridized carbons (Fsp3) is 0.222. The van der Waals surface area contributed by atoms with Crippen molar-refractivity contribution in [3.63, 3.8) is 0 Å². The lowest BCUT2D eigenvalue weighted by Crippen LogP contribution is -1.98. The Kier molecular flexibility index (Phi) is 5.10. The van der Waals surface area contributed by atoms with Gasteiger partial charge in [0.05, 0.1) is 12.4 Å².